The molecule has 0 aromatic heterocycles. The maximum absolute atomic E-state index is 12.2. The van der Waals surface area contributed by atoms with Crippen LogP contribution in [0.25, 0.3) is 0 Å². The van der Waals surface area contributed by atoms with Crippen molar-refractivity contribution < 1.29 is 14.3 Å². The van der Waals surface area contributed by atoms with Crippen molar-refractivity contribution in [3.8, 4) is 0 Å². The van der Waals surface area contributed by atoms with Crippen LogP contribution in [0.5, 0.6) is 0 Å². The van der Waals surface area contributed by atoms with Crippen molar-refractivity contribution in [3.05, 3.63) is 35.9 Å². The second-order valence-electron chi connectivity index (χ2n) is 9.09. The van der Waals surface area contributed by atoms with E-state index < -0.39 is 5.60 Å². The standard InChI is InChI=1S/C23H37N3O3/c1-17(25-22(28)29-23(3,4)5)21(15-19-9-7-6-8-10-19)24-16-20-11-13-26(14-12-20)18(2)27/h6-10,17,20-21,24H,11-16H2,1-5H3,(H,25,28)/t17-,21-/m0/s1. The van der Waals surface area contributed by atoms with Crippen LogP contribution in [0.2, 0.25) is 0 Å². The van der Waals surface area contributed by atoms with E-state index in [1.165, 1.54) is 5.56 Å². The summed E-state index contributed by atoms with van der Waals surface area (Å²) in [5.74, 6) is 0.700. The summed E-state index contributed by atoms with van der Waals surface area (Å²) >= 11 is 0. The lowest BCUT2D eigenvalue weighted by Gasteiger charge is -2.33. The normalized spacial score (nSPS) is 17.5. The van der Waals surface area contributed by atoms with Crippen LogP contribution >= 0.6 is 0 Å². The fraction of sp³-hybridized carbons (Fsp3) is 0.652. The largest absolute Gasteiger partial charge is 0.444 e. The topological polar surface area (TPSA) is 70.7 Å². The number of rotatable bonds is 7. The van der Waals surface area contributed by atoms with Gasteiger partial charge in [0.1, 0.15) is 5.60 Å². The number of likely N-dealkylation sites (tertiary alicyclic amines) is 1. The van der Waals surface area contributed by atoms with Gasteiger partial charge in [0.05, 0.1) is 0 Å². The molecule has 0 aliphatic carbocycles. The molecule has 1 aliphatic rings. The summed E-state index contributed by atoms with van der Waals surface area (Å²) in [7, 11) is 0. The van der Waals surface area contributed by atoms with E-state index in [1.54, 1.807) is 6.92 Å². The third kappa shape index (κ3) is 8.44. The molecule has 162 valence electrons. The summed E-state index contributed by atoms with van der Waals surface area (Å²) in [6.45, 7) is 11.8. The highest BCUT2D eigenvalue weighted by Gasteiger charge is 2.25. The molecule has 6 heteroatoms. The van der Waals surface area contributed by atoms with Gasteiger partial charge in [-0.15, -0.1) is 0 Å². The van der Waals surface area contributed by atoms with Crippen molar-refractivity contribution >= 4 is 12.0 Å². The van der Waals surface area contributed by atoms with E-state index in [0.717, 1.165) is 38.9 Å². The Labute approximate surface area is 175 Å². The highest BCUT2D eigenvalue weighted by Crippen LogP contribution is 2.17. The molecule has 1 fully saturated rings. The first-order chi connectivity index (χ1) is 13.6. The zero-order chi connectivity index (χ0) is 21.4. The van der Waals surface area contributed by atoms with Crippen molar-refractivity contribution in [2.75, 3.05) is 19.6 Å². The van der Waals surface area contributed by atoms with Crippen LogP contribution in [0.3, 0.4) is 0 Å². The molecule has 29 heavy (non-hydrogen) atoms. The number of nitrogens with one attached hydrogen (secondary N) is 2. The fourth-order valence-corrected chi connectivity index (χ4v) is 3.66. The second kappa shape index (κ2) is 10.6. The molecule has 0 saturated carbocycles. The number of hydrogen-bond acceptors (Lipinski definition) is 4. The van der Waals surface area contributed by atoms with Crippen molar-refractivity contribution in [1.82, 2.24) is 15.5 Å². The van der Waals surface area contributed by atoms with E-state index in [0.29, 0.717) is 5.92 Å². The van der Waals surface area contributed by atoms with Crippen LogP contribution in [0.4, 0.5) is 4.79 Å². The highest BCUT2D eigenvalue weighted by atomic mass is 16.6. The van der Waals surface area contributed by atoms with Crippen LogP contribution in [-0.4, -0.2) is 54.2 Å². The van der Waals surface area contributed by atoms with Crippen LogP contribution in [0.1, 0.15) is 53.0 Å². The van der Waals surface area contributed by atoms with Crippen molar-refractivity contribution in [2.24, 2.45) is 5.92 Å². The number of alkyl carbamates (subject to hydrolysis) is 1. The van der Waals surface area contributed by atoms with Gasteiger partial charge in [-0.3, -0.25) is 4.79 Å². The third-order valence-corrected chi connectivity index (χ3v) is 5.37. The van der Waals surface area contributed by atoms with E-state index >= 15 is 0 Å². The van der Waals surface area contributed by atoms with E-state index in [9.17, 15) is 9.59 Å². The summed E-state index contributed by atoms with van der Waals surface area (Å²) < 4.78 is 5.42. The van der Waals surface area contributed by atoms with Crippen molar-refractivity contribution in [3.63, 3.8) is 0 Å². The molecule has 1 aromatic carbocycles. The van der Waals surface area contributed by atoms with Gasteiger partial charge in [0.25, 0.3) is 0 Å². The fourth-order valence-electron chi connectivity index (χ4n) is 3.66. The molecule has 1 heterocycles. The predicted octanol–water partition coefficient (Wildman–Crippen LogP) is 3.36. The zero-order valence-electron chi connectivity index (χ0n) is 18.5. The Hall–Kier alpha value is -2.08. The number of piperidine rings is 1. The molecule has 0 bridgehead atoms. The molecule has 2 amide bonds. The number of carbonyl (C=O) groups excluding carboxylic acids is 2. The highest BCUT2D eigenvalue weighted by molar-refractivity contribution is 5.73. The van der Waals surface area contributed by atoms with E-state index in [1.807, 2.05) is 50.8 Å². The zero-order valence-corrected chi connectivity index (χ0v) is 18.5. The minimum Gasteiger partial charge on any atom is -0.444 e. The Bertz CT molecular complexity index is 649. The molecule has 2 atom stereocenters. The Balaban J connectivity index is 1.94. The number of carbonyl (C=O) groups is 2. The molecular formula is C23H37N3O3. The first kappa shape index (κ1) is 23.2. The summed E-state index contributed by atoms with van der Waals surface area (Å²) in [4.78, 5) is 25.7. The van der Waals surface area contributed by atoms with Gasteiger partial charge in [0.2, 0.25) is 5.91 Å². The Kier molecular flexibility index (Phi) is 8.50. The maximum atomic E-state index is 12.2. The van der Waals surface area contributed by atoms with Gasteiger partial charge in [-0.1, -0.05) is 30.3 Å². The molecule has 1 aromatic rings. The monoisotopic (exact) mass is 403 g/mol. The molecule has 2 N–H and O–H groups in total. The lowest BCUT2D eigenvalue weighted by Crippen LogP contribution is -2.52. The van der Waals surface area contributed by atoms with E-state index in [4.69, 9.17) is 4.74 Å². The van der Waals surface area contributed by atoms with Gasteiger partial charge in [-0.25, -0.2) is 4.79 Å². The first-order valence-corrected chi connectivity index (χ1v) is 10.7. The van der Waals surface area contributed by atoms with Crippen LogP contribution < -0.4 is 10.6 Å². The van der Waals surface area contributed by atoms with Crippen LogP contribution in [-0.2, 0) is 16.0 Å². The molecule has 6 nitrogen and oxygen atoms in total. The van der Waals surface area contributed by atoms with Gasteiger partial charge in [0, 0.05) is 32.1 Å². The van der Waals surface area contributed by atoms with Crippen LogP contribution in [0.15, 0.2) is 30.3 Å². The summed E-state index contributed by atoms with van der Waals surface area (Å²) in [6, 6.07) is 10.3. The predicted molar refractivity (Wildman–Crippen MR) is 116 cm³/mol. The third-order valence-electron chi connectivity index (χ3n) is 5.37. The number of amides is 2. The number of benzene rings is 1. The van der Waals surface area contributed by atoms with Crippen LogP contribution in [0, 0.1) is 5.92 Å². The molecular weight excluding hydrogens is 366 g/mol. The second-order valence-corrected chi connectivity index (χ2v) is 9.09. The molecule has 0 spiro atoms. The Morgan fingerprint density at radius 2 is 1.79 bits per heavy atom. The van der Waals surface area contributed by atoms with Gasteiger partial charge < -0.3 is 20.3 Å². The molecule has 1 saturated heterocycles. The summed E-state index contributed by atoms with van der Waals surface area (Å²) in [5, 5.41) is 6.67. The van der Waals surface area contributed by atoms with Crippen molar-refractivity contribution in [1.29, 1.82) is 0 Å². The first-order valence-electron chi connectivity index (χ1n) is 10.7. The number of ether oxygens (including phenoxy) is 1. The summed E-state index contributed by atoms with van der Waals surface area (Å²) in [5.41, 5.74) is 0.714. The Morgan fingerprint density at radius 1 is 1.17 bits per heavy atom. The van der Waals surface area contributed by atoms with E-state index in [-0.39, 0.29) is 24.1 Å². The molecule has 2 rings (SSSR count). The average Bonchev–Trinajstić information content (AvgIpc) is 2.64. The lowest BCUT2D eigenvalue weighted by molar-refractivity contribution is -0.130. The smallest absolute Gasteiger partial charge is 0.407 e. The van der Waals surface area contributed by atoms with E-state index in [2.05, 4.69) is 22.8 Å². The summed E-state index contributed by atoms with van der Waals surface area (Å²) in [6.07, 6.45) is 2.46. The molecule has 1 aliphatic heterocycles. The van der Waals surface area contributed by atoms with Gasteiger partial charge >= 0.3 is 6.09 Å². The molecule has 0 unspecified atom stereocenters. The van der Waals surface area contributed by atoms with Gasteiger partial charge in [-0.2, -0.15) is 0 Å². The number of nitrogens with zero attached hydrogens (tertiary/aromatic N) is 1. The van der Waals surface area contributed by atoms with Gasteiger partial charge in [-0.05, 0) is 65.0 Å². The average molecular weight is 404 g/mol. The number of hydrogen-bond donors (Lipinski definition) is 2. The van der Waals surface area contributed by atoms with Crippen molar-refractivity contribution in [2.45, 2.75) is 71.6 Å². The SMILES string of the molecule is CC(=O)N1CCC(CN[C@@H](Cc2ccccc2)[C@H](C)NC(=O)OC(C)(C)C)CC1. The Morgan fingerprint density at radius 3 is 2.34 bits per heavy atom. The quantitative estimate of drug-likeness (QED) is 0.732. The lowest BCUT2D eigenvalue weighted by atomic mass is 9.94. The maximum Gasteiger partial charge on any atom is 0.407 e. The minimum absolute atomic E-state index is 0.0811. The molecule has 0 radical (unpaired) electrons. The van der Waals surface area contributed by atoms with Gasteiger partial charge in [0.15, 0.2) is 0 Å². The minimum atomic E-state index is -0.517.